The van der Waals surface area contributed by atoms with Crippen LogP contribution in [0.5, 0.6) is 5.75 Å². The molecule has 2 aromatic carbocycles. The van der Waals surface area contributed by atoms with E-state index in [0.717, 1.165) is 18.5 Å². The Morgan fingerprint density at radius 3 is 2.57 bits per heavy atom. The van der Waals surface area contributed by atoms with E-state index in [1.54, 1.807) is 0 Å². The summed E-state index contributed by atoms with van der Waals surface area (Å²) in [5.74, 6) is 0.613. The first-order chi connectivity index (χ1) is 11.2. The van der Waals surface area contributed by atoms with Gasteiger partial charge in [0.15, 0.2) is 0 Å². The first kappa shape index (κ1) is 16.9. The Balaban J connectivity index is 1.88. The van der Waals surface area contributed by atoms with E-state index in [9.17, 15) is 4.79 Å². The molecule has 0 aliphatic rings. The molecule has 0 fully saturated rings. The highest BCUT2D eigenvalue weighted by molar-refractivity contribution is 5.95. The van der Waals surface area contributed by atoms with E-state index in [0.29, 0.717) is 18.0 Å². The predicted octanol–water partition coefficient (Wildman–Crippen LogP) is 4.22. The molecule has 1 amide bonds. The van der Waals surface area contributed by atoms with Gasteiger partial charge in [-0.25, -0.2) is 0 Å². The van der Waals surface area contributed by atoms with Crippen molar-refractivity contribution >= 4 is 17.3 Å². The number of hydrogen-bond acceptors (Lipinski definition) is 3. The number of amides is 1. The molecule has 0 bridgehead atoms. The standard InChI is InChI=1S/C19H24N2O2/c1-3-4-13-23-18-8-6-5-7-17(18)21-19(22)14-20-16-11-9-15(2)10-12-16/h5-12,20H,3-4,13-14H2,1-2H3,(H,21,22). The van der Waals surface area contributed by atoms with Crippen molar-refractivity contribution in [3.8, 4) is 5.75 Å². The monoisotopic (exact) mass is 312 g/mol. The third kappa shape index (κ3) is 5.66. The molecule has 0 saturated heterocycles. The molecule has 0 aliphatic carbocycles. The number of carbonyl (C=O) groups excluding carboxylic acids is 1. The van der Waals surface area contributed by atoms with Crippen LogP contribution in [-0.4, -0.2) is 19.1 Å². The number of hydrogen-bond donors (Lipinski definition) is 2. The molecule has 0 aromatic heterocycles. The highest BCUT2D eigenvalue weighted by Crippen LogP contribution is 2.23. The lowest BCUT2D eigenvalue weighted by Crippen LogP contribution is -2.22. The summed E-state index contributed by atoms with van der Waals surface area (Å²) in [7, 11) is 0. The summed E-state index contributed by atoms with van der Waals surface area (Å²) in [4.78, 5) is 12.1. The molecule has 23 heavy (non-hydrogen) atoms. The van der Waals surface area contributed by atoms with Gasteiger partial charge in [-0.1, -0.05) is 43.2 Å². The fraction of sp³-hybridized carbons (Fsp3) is 0.316. The van der Waals surface area contributed by atoms with Gasteiger partial charge in [0.25, 0.3) is 0 Å². The zero-order valence-electron chi connectivity index (χ0n) is 13.8. The van der Waals surface area contributed by atoms with E-state index < -0.39 is 0 Å². The summed E-state index contributed by atoms with van der Waals surface area (Å²) in [6.45, 7) is 5.02. The molecule has 4 nitrogen and oxygen atoms in total. The molecule has 4 heteroatoms. The first-order valence-electron chi connectivity index (χ1n) is 8.01. The highest BCUT2D eigenvalue weighted by Gasteiger charge is 2.07. The Hall–Kier alpha value is -2.49. The summed E-state index contributed by atoms with van der Waals surface area (Å²) in [6.07, 6.45) is 2.08. The van der Waals surface area contributed by atoms with Crippen molar-refractivity contribution in [1.29, 1.82) is 0 Å². The maximum atomic E-state index is 12.1. The number of ether oxygens (including phenoxy) is 1. The molecule has 2 N–H and O–H groups in total. The Labute approximate surface area is 137 Å². The minimum atomic E-state index is -0.0999. The van der Waals surface area contributed by atoms with Crippen molar-refractivity contribution in [2.24, 2.45) is 0 Å². The average molecular weight is 312 g/mol. The number of para-hydroxylation sites is 2. The van der Waals surface area contributed by atoms with Crippen LogP contribution in [0.4, 0.5) is 11.4 Å². The molecule has 0 saturated carbocycles. The SMILES string of the molecule is CCCCOc1ccccc1NC(=O)CNc1ccc(C)cc1. The third-order valence-electron chi connectivity index (χ3n) is 3.42. The van der Waals surface area contributed by atoms with Crippen molar-refractivity contribution < 1.29 is 9.53 Å². The number of benzene rings is 2. The lowest BCUT2D eigenvalue weighted by Gasteiger charge is -2.13. The fourth-order valence-electron chi connectivity index (χ4n) is 2.07. The molecule has 122 valence electrons. The summed E-state index contributed by atoms with van der Waals surface area (Å²) in [5.41, 5.74) is 2.83. The summed E-state index contributed by atoms with van der Waals surface area (Å²) < 4.78 is 5.72. The molecule has 0 atom stereocenters. The van der Waals surface area contributed by atoms with Gasteiger partial charge in [0.1, 0.15) is 5.75 Å². The number of nitrogens with one attached hydrogen (secondary N) is 2. The molecule has 0 radical (unpaired) electrons. The van der Waals surface area contributed by atoms with Crippen LogP contribution in [0.15, 0.2) is 48.5 Å². The molecule has 0 spiro atoms. The summed E-state index contributed by atoms with van der Waals surface area (Å²) >= 11 is 0. The van der Waals surface area contributed by atoms with Crippen molar-refractivity contribution in [3.05, 3.63) is 54.1 Å². The van der Waals surface area contributed by atoms with Gasteiger partial charge in [0.05, 0.1) is 18.8 Å². The van der Waals surface area contributed by atoms with Crippen LogP contribution in [0.25, 0.3) is 0 Å². The summed E-state index contributed by atoms with van der Waals surface area (Å²) in [6, 6.07) is 15.5. The van der Waals surface area contributed by atoms with Crippen molar-refractivity contribution in [2.45, 2.75) is 26.7 Å². The van der Waals surface area contributed by atoms with Crippen LogP contribution < -0.4 is 15.4 Å². The van der Waals surface area contributed by atoms with Gasteiger partial charge < -0.3 is 15.4 Å². The van der Waals surface area contributed by atoms with Crippen molar-refractivity contribution in [3.63, 3.8) is 0 Å². The van der Waals surface area contributed by atoms with E-state index in [1.807, 2.05) is 55.5 Å². The maximum absolute atomic E-state index is 12.1. The lowest BCUT2D eigenvalue weighted by atomic mass is 10.2. The van der Waals surface area contributed by atoms with E-state index >= 15 is 0 Å². The van der Waals surface area contributed by atoms with Crippen molar-refractivity contribution in [1.82, 2.24) is 0 Å². The predicted molar refractivity (Wildman–Crippen MR) is 95.1 cm³/mol. The molecule has 2 rings (SSSR count). The number of rotatable bonds is 8. The Morgan fingerprint density at radius 1 is 1.09 bits per heavy atom. The van der Waals surface area contributed by atoms with Gasteiger partial charge in [0, 0.05) is 5.69 Å². The Kier molecular flexibility index (Phi) is 6.48. The van der Waals surface area contributed by atoms with Crippen LogP contribution in [0.1, 0.15) is 25.3 Å². The van der Waals surface area contributed by atoms with E-state index in [1.165, 1.54) is 5.56 Å². The second-order valence-electron chi connectivity index (χ2n) is 5.47. The number of aryl methyl sites for hydroxylation is 1. The normalized spacial score (nSPS) is 10.2. The largest absolute Gasteiger partial charge is 0.491 e. The van der Waals surface area contributed by atoms with Crippen LogP contribution in [0, 0.1) is 6.92 Å². The van der Waals surface area contributed by atoms with Gasteiger partial charge in [-0.05, 0) is 37.6 Å². The minimum absolute atomic E-state index is 0.0999. The molecular weight excluding hydrogens is 288 g/mol. The first-order valence-corrected chi connectivity index (χ1v) is 8.01. The lowest BCUT2D eigenvalue weighted by molar-refractivity contribution is -0.114. The third-order valence-corrected chi connectivity index (χ3v) is 3.42. The van der Waals surface area contributed by atoms with Crippen LogP contribution >= 0.6 is 0 Å². The zero-order chi connectivity index (χ0) is 16.5. The zero-order valence-corrected chi connectivity index (χ0v) is 13.8. The second-order valence-corrected chi connectivity index (χ2v) is 5.47. The van der Waals surface area contributed by atoms with E-state index in [2.05, 4.69) is 17.6 Å². The average Bonchev–Trinajstić information content (AvgIpc) is 2.56. The van der Waals surface area contributed by atoms with Crippen LogP contribution in [0.2, 0.25) is 0 Å². The number of anilines is 2. The van der Waals surface area contributed by atoms with Crippen LogP contribution in [0.3, 0.4) is 0 Å². The van der Waals surface area contributed by atoms with Crippen molar-refractivity contribution in [2.75, 3.05) is 23.8 Å². The van der Waals surface area contributed by atoms with E-state index in [-0.39, 0.29) is 12.5 Å². The molecule has 0 unspecified atom stereocenters. The smallest absolute Gasteiger partial charge is 0.243 e. The number of carbonyl (C=O) groups is 1. The van der Waals surface area contributed by atoms with Gasteiger partial charge in [-0.2, -0.15) is 0 Å². The molecule has 0 aliphatic heterocycles. The van der Waals surface area contributed by atoms with E-state index in [4.69, 9.17) is 4.74 Å². The Morgan fingerprint density at radius 2 is 1.83 bits per heavy atom. The van der Waals surface area contributed by atoms with Gasteiger partial charge in [0.2, 0.25) is 5.91 Å². The van der Waals surface area contributed by atoms with Gasteiger partial charge in [-0.15, -0.1) is 0 Å². The Bertz CT molecular complexity index is 624. The minimum Gasteiger partial charge on any atom is -0.491 e. The molecule has 0 heterocycles. The molecule has 2 aromatic rings. The van der Waals surface area contributed by atoms with Crippen LogP contribution in [-0.2, 0) is 4.79 Å². The second kappa shape index (κ2) is 8.83. The fourth-order valence-corrected chi connectivity index (χ4v) is 2.07. The van der Waals surface area contributed by atoms with Gasteiger partial charge >= 0.3 is 0 Å². The van der Waals surface area contributed by atoms with Gasteiger partial charge in [-0.3, -0.25) is 4.79 Å². The molecular formula is C19H24N2O2. The quantitative estimate of drug-likeness (QED) is 0.717. The number of unbranched alkanes of at least 4 members (excludes halogenated alkanes) is 1. The summed E-state index contributed by atoms with van der Waals surface area (Å²) in [5, 5.41) is 6.00. The highest BCUT2D eigenvalue weighted by atomic mass is 16.5. The maximum Gasteiger partial charge on any atom is 0.243 e. The topological polar surface area (TPSA) is 50.4 Å².